The van der Waals surface area contributed by atoms with Gasteiger partial charge in [-0.3, -0.25) is 9.55 Å². The minimum Gasteiger partial charge on any atom is -0.322 e. The molecule has 0 spiro atoms. The number of benzene rings is 1. The zero-order valence-corrected chi connectivity index (χ0v) is 12.3. The fourth-order valence-electron chi connectivity index (χ4n) is 2.19. The normalized spacial score (nSPS) is 12.8. The fourth-order valence-corrected chi connectivity index (χ4v) is 2.73. The first-order valence-corrected chi connectivity index (χ1v) is 6.90. The number of para-hydroxylation sites is 1. The predicted molar refractivity (Wildman–Crippen MR) is 79.1 cm³/mol. The van der Waals surface area contributed by atoms with Gasteiger partial charge in [-0.25, -0.2) is 9.37 Å². The number of hydrogen-bond donors (Lipinski definition) is 1. The lowest BCUT2D eigenvalue weighted by molar-refractivity contribution is 0.618. The largest absolute Gasteiger partial charge is 0.322 e. The summed E-state index contributed by atoms with van der Waals surface area (Å²) in [6.45, 7) is 1.85. The van der Waals surface area contributed by atoms with Gasteiger partial charge in [0.2, 0.25) is 0 Å². The Morgan fingerprint density at radius 1 is 1.35 bits per heavy atom. The molecule has 0 bridgehead atoms. The monoisotopic (exact) mass is 334 g/mol. The molecule has 6 heteroatoms. The number of nitrogens with zero attached hydrogens (tertiary/aromatic N) is 3. The van der Waals surface area contributed by atoms with Crippen molar-refractivity contribution in [3.8, 4) is 5.69 Å². The third-order valence-electron chi connectivity index (χ3n) is 3.01. The van der Waals surface area contributed by atoms with E-state index in [9.17, 15) is 4.39 Å². The van der Waals surface area contributed by atoms with E-state index in [1.807, 2.05) is 29.7 Å². The summed E-state index contributed by atoms with van der Waals surface area (Å²) in [5.74, 6) is 0.270. The van der Waals surface area contributed by atoms with Crippen molar-refractivity contribution < 1.29 is 4.39 Å². The molecule has 3 aromatic rings. The maximum Gasteiger partial charge on any atom is 0.143 e. The highest BCUT2D eigenvalue weighted by atomic mass is 79.9. The number of nitrogens with two attached hydrogens (primary N) is 1. The van der Waals surface area contributed by atoms with E-state index in [0.717, 1.165) is 15.5 Å². The molecule has 1 aromatic carbocycles. The Kier molecular flexibility index (Phi) is 3.27. The summed E-state index contributed by atoms with van der Waals surface area (Å²) >= 11 is 3.51. The quantitative estimate of drug-likeness (QED) is 0.781. The number of halogens is 2. The Labute approximate surface area is 123 Å². The van der Waals surface area contributed by atoms with Gasteiger partial charge >= 0.3 is 0 Å². The highest BCUT2D eigenvalue weighted by Crippen LogP contribution is 2.29. The van der Waals surface area contributed by atoms with Gasteiger partial charge in [0.15, 0.2) is 0 Å². The number of rotatable bonds is 2. The van der Waals surface area contributed by atoms with E-state index in [1.165, 1.54) is 12.3 Å². The standard InChI is InChI=1S/C14H12BrFN4/c1-8(17)14-19-12-4-2-3-11(15)13(12)20(14)10-5-9(16)6-18-7-10/h2-8H,17H2,1H3/t8-/m0/s1. The molecule has 0 radical (unpaired) electrons. The molecule has 0 amide bonds. The molecule has 0 aliphatic carbocycles. The Morgan fingerprint density at radius 3 is 2.85 bits per heavy atom. The number of fused-ring (bicyclic) bond motifs is 1. The summed E-state index contributed by atoms with van der Waals surface area (Å²) < 4.78 is 16.2. The van der Waals surface area contributed by atoms with Crippen LogP contribution >= 0.6 is 15.9 Å². The van der Waals surface area contributed by atoms with Crippen molar-refractivity contribution >= 4 is 27.0 Å². The first kappa shape index (κ1) is 13.2. The second-order valence-corrected chi connectivity index (χ2v) is 5.42. The lowest BCUT2D eigenvalue weighted by Gasteiger charge is -2.11. The minimum atomic E-state index is -0.396. The smallest absolute Gasteiger partial charge is 0.143 e. The lowest BCUT2D eigenvalue weighted by Crippen LogP contribution is -2.12. The first-order valence-electron chi connectivity index (χ1n) is 6.11. The summed E-state index contributed by atoms with van der Waals surface area (Å²) in [4.78, 5) is 8.43. The molecule has 4 nitrogen and oxygen atoms in total. The zero-order valence-electron chi connectivity index (χ0n) is 10.7. The van der Waals surface area contributed by atoms with E-state index in [4.69, 9.17) is 5.73 Å². The van der Waals surface area contributed by atoms with Gasteiger partial charge in [-0.2, -0.15) is 0 Å². The topological polar surface area (TPSA) is 56.7 Å². The molecule has 0 unspecified atom stereocenters. The Hall–Kier alpha value is -1.79. The maximum atomic E-state index is 13.5. The Balaban J connectivity index is 2.40. The van der Waals surface area contributed by atoms with Crippen LogP contribution in [0.25, 0.3) is 16.7 Å². The van der Waals surface area contributed by atoms with E-state index in [0.29, 0.717) is 11.5 Å². The summed E-state index contributed by atoms with van der Waals surface area (Å²) in [7, 11) is 0. The molecular weight excluding hydrogens is 323 g/mol. The SMILES string of the molecule is C[C@H](N)c1nc2cccc(Br)c2n1-c1cncc(F)c1. The second-order valence-electron chi connectivity index (χ2n) is 4.56. The molecule has 0 saturated carbocycles. The number of imidazole rings is 1. The molecule has 3 rings (SSSR count). The minimum absolute atomic E-state index is 0.280. The molecule has 2 N–H and O–H groups in total. The Morgan fingerprint density at radius 2 is 2.15 bits per heavy atom. The van der Waals surface area contributed by atoms with Crippen molar-refractivity contribution in [2.45, 2.75) is 13.0 Å². The van der Waals surface area contributed by atoms with Crippen molar-refractivity contribution in [3.05, 3.63) is 52.8 Å². The van der Waals surface area contributed by atoms with Crippen LogP contribution in [-0.4, -0.2) is 14.5 Å². The summed E-state index contributed by atoms with van der Waals surface area (Å²) in [6, 6.07) is 6.85. The number of hydrogen-bond acceptors (Lipinski definition) is 3. The van der Waals surface area contributed by atoms with Crippen LogP contribution in [0.15, 0.2) is 41.1 Å². The Bertz CT molecular complexity index is 782. The van der Waals surface area contributed by atoms with Gasteiger partial charge in [0.1, 0.15) is 11.6 Å². The fraction of sp³-hybridized carbons (Fsp3) is 0.143. The number of pyridine rings is 1. The first-order chi connectivity index (χ1) is 9.58. The molecule has 0 aliphatic heterocycles. The molecule has 1 atom stereocenters. The molecule has 2 aromatic heterocycles. The van der Waals surface area contributed by atoms with Crippen LogP contribution in [0.5, 0.6) is 0 Å². The van der Waals surface area contributed by atoms with Crippen molar-refractivity contribution in [3.63, 3.8) is 0 Å². The molecule has 20 heavy (non-hydrogen) atoms. The highest BCUT2D eigenvalue weighted by Gasteiger charge is 2.17. The van der Waals surface area contributed by atoms with E-state index < -0.39 is 5.82 Å². The molecule has 2 heterocycles. The van der Waals surface area contributed by atoms with Gasteiger partial charge in [0.25, 0.3) is 0 Å². The molecule has 0 aliphatic rings. The van der Waals surface area contributed by atoms with E-state index >= 15 is 0 Å². The van der Waals surface area contributed by atoms with E-state index in [2.05, 4.69) is 25.9 Å². The third kappa shape index (κ3) is 2.10. The van der Waals surface area contributed by atoms with Crippen LogP contribution in [0.4, 0.5) is 4.39 Å². The average molecular weight is 335 g/mol. The van der Waals surface area contributed by atoms with Crippen molar-refractivity contribution in [2.75, 3.05) is 0 Å². The van der Waals surface area contributed by atoms with Gasteiger partial charge in [-0.1, -0.05) is 6.07 Å². The van der Waals surface area contributed by atoms with E-state index in [-0.39, 0.29) is 6.04 Å². The van der Waals surface area contributed by atoms with E-state index in [1.54, 1.807) is 6.20 Å². The summed E-state index contributed by atoms with van der Waals surface area (Å²) in [6.07, 6.45) is 2.76. The van der Waals surface area contributed by atoms with Crippen LogP contribution in [0.1, 0.15) is 18.8 Å². The van der Waals surface area contributed by atoms with Crippen LogP contribution in [0, 0.1) is 5.82 Å². The van der Waals surface area contributed by atoms with Gasteiger partial charge in [0, 0.05) is 10.5 Å². The van der Waals surface area contributed by atoms with Crippen molar-refractivity contribution in [1.82, 2.24) is 14.5 Å². The van der Waals surface area contributed by atoms with Crippen LogP contribution in [0.2, 0.25) is 0 Å². The van der Waals surface area contributed by atoms with Crippen LogP contribution in [0.3, 0.4) is 0 Å². The van der Waals surface area contributed by atoms with Gasteiger partial charge < -0.3 is 5.73 Å². The van der Waals surface area contributed by atoms with Gasteiger partial charge in [0.05, 0.1) is 35.2 Å². The van der Waals surface area contributed by atoms with Gasteiger partial charge in [-0.05, 0) is 35.0 Å². The third-order valence-corrected chi connectivity index (χ3v) is 3.65. The van der Waals surface area contributed by atoms with Crippen molar-refractivity contribution in [1.29, 1.82) is 0 Å². The van der Waals surface area contributed by atoms with Crippen molar-refractivity contribution in [2.24, 2.45) is 5.73 Å². The summed E-state index contributed by atoms with van der Waals surface area (Å²) in [5, 5.41) is 0. The van der Waals surface area contributed by atoms with Crippen LogP contribution < -0.4 is 5.73 Å². The number of aromatic nitrogens is 3. The maximum absolute atomic E-state index is 13.5. The van der Waals surface area contributed by atoms with Crippen LogP contribution in [-0.2, 0) is 0 Å². The lowest BCUT2D eigenvalue weighted by atomic mass is 10.3. The second kappa shape index (κ2) is 4.96. The molecule has 102 valence electrons. The molecule has 0 fully saturated rings. The average Bonchev–Trinajstić information content (AvgIpc) is 2.80. The highest BCUT2D eigenvalue weighted by molar-refractivity contribution is 9.10. The zero-order chi connectivity index (χ0) is 14.3. The van der Waals surface area contributed by atoms with Gasteiger partial charge in [-0.15, -0.1) is 0 Å². The predicted octanol–water partition coefficient (Wildman–Crippen LogP) is 3.34. The summed E-state index contributed by atoms with van der Waals surface area (Å²) in [5.41, 5.74) is 8.25. The molecular formula is C14H12BrFN4. The molecule has 0 saturated heterocycles.